The maximum atomic E-state index is 10.7. The molecular weight excluding hydrogens is 232 g/mol. The molecule has 0 radical (unpaired) electrons. The minimum atomic E-state index is 0.340. The summed E-state index contributed by atoms with van der Waals surface area (Å²) in [4.78, 5) is 31.3. The Hall–Kier alpha value is -2.62. The molecule has 0 fully saturated rings. The highest BCUT2D eigenvalue weighted by atomic mass is 17.2. The number of carbonyl (C=O) groups is 2. The van der Waals surface area contributed by atoms with Gasteiger partial charge in [-0.05, 0) is 36.4 Å². The van der Waals surface area contributed by atoms with Gasteiger partial charge in [0.1, 0.15) is 6.29 Å². The predicted molar refractivity (Wildman–Crippen MR) is 64.9 cm³/mol. The van der Waals surface area contributed by atoms with Crippen molar-refractivity contribution in [3.8, 4) is 11.5 Å². The Kier molecular flexibility index (Phi) is 3.71. The molecule has 0 bridgehead atoms. The van der Waals surface area contributed by atoms with Crippen LogP contribution in [0.5, 0.6) is 11.5 Å². The van der Waals surface area contributed by atoms with Gasteiger partial charge in [-0.1, -0.05) is 12.1 Å². The van der Waals surface area contributed by atoms with Gasteiger partial charge in [-0.15, -0.1) is 0 Å². The molecule has 0 heterocycles. The van der Waals surface area contributed by atoms with Crippen molar-refractivity contribution in [1.29, 1.82) is 0 Å². The third-order valence-corrected chi connectivity index (χ3v) is 2.29. The van der Waals surface area contributed by atoms with Crippen molar-refractivity contribution in [3.63, 3.8) is 0 Å². The lowest BCUT2D eigenvalue weighted by atomic mass is 10.2. The molecule has 0 N–H and O–H groups in total. The average molecular weight is 242 g/mol. The van der Waals surface area contributed by atoms with Gasteiger partial charge < -0.3 is 0 Å². The maximum Gasteiger partial charge on any atom is 0.189 e. The second kappa shape index (κ2) is 5.63. The smallest absolute Gasteiger partial charge is 0.189 e. The van der Waals surface area contributed by atoms with E-state index in [0.717, 1.165) is 6.29 Å². The Balaban J connectivity index is 2.06. The van der Waals surface area contributed by atoms with Gasteiger partial charge in [-0.25, -0.2) is 0 Å². The largest absolute Gasteiger partial charge is 0.298 e. The molecule has 2 aromatic carbocycles. The molecule has 0 aliphatic rings. The zero-order chi connectivity index (χ0) is 12.8. The van der Waals surface area contributed by atoms with Crippen LogP contribution in [0.25, 0.3) is 0 Å². The lowest BCUT2D eigenvalue weighted by Gasteiger charge is -2.07. The van der Waals surface area contributed by atoms with Gasteiger partial charge in [0.25, 0.3) is 0 Å². The molecule has 2 rings (SSSR count). The summed E-state index contributed by atoms with van der Waals surface area (Å²) in [6.07, 6.45) is 1.43. The third-order valence-electron chi connectivity index (χ3n) is 2.29. The molecule has 0 saturated heterocycles. The Morgan fingerprint density at radius 3 is 2.17 bits per heavy atom. The average Bonchev–Trinajstić information content (AvgIpc) is 2.46. The molecule has 0 spiro atoms. The van der Waals surface area contributed by atoms with E-state index in [2.05, 4.69) is 0 Å². The second-order valence-electron chi connectivity index (χ2n) is 3.51. The van der Waals surface area contributed by atoms with Gasteiger partial charge in [-0.2, -0.15) is 0 Å². The van der Waals surface area contributed by atoms with Crippen LogP contribution in [0.15, 0.2) is 48.5 Å². The number of hydrogen-bond donors (Lipinski definition) is 0. The number of rotatable bonds is 5. The first kappa shape index (κ1) is 11.9. The Bertz CT molecular complexity index is 546. The number of para-hydroxylation sites is 1. The van der Waals surface area contributed by atoms with Gasteiger partial charge >= 0.3 is 0 Å². The minimum Gasteiger partial charge on any atom is -0.298 e. The summed E-state index contributed by atoms with van der Waals surface area (Å²) in [6.45, 7) is 0. The van der Waals surface area contributed by atoms with Crippen molar-refractivity contribution in [3.05, 3.63) is 59.7 Å². The molecule has 0 aliphatic heterocycles. The summed E-state index contributed by atoms with van der Waals surface area (Å²) >= 11 is 0. The van der Waals surface area contributed by atoms with E-state index < -0.39 is 0 Å². The standard InChI is InChI=1S/C14H10O4/c15-9-11-5-7-13(8-6-11)17-18-14-4-2-1-3-12(14)10-16/h1-10H. The van der Waals surface area contributed by atoms with Gasteiger partial charge in [0.05, 0.1) is 5.56 Å². The van der Waals surface area contributed by atoms with E-state index in [4.69, 9.17) is 9.78 Å². The molecule has 18 heavy (non-hydrogen) atoms. The maximum absolute atomic E-state index is 10.7. The van der Waals surface area contributed by atoms with E-state index in [9.17, 15) is 9.59 Å². The Labute approximate surface area is 104 Å². The zero-order valence-corrected chi connectivity index (χ0v) is 9.41. The highest BCUT2D eigenvalue weighted by Gasteiger charge is 2.03. The van der Waals surface area contributed by atoms with Crippen LogP contribution in [0, 0.1) is 0 Å². The van der Waals surface area contributed by atoms with Crippen LogP contribution in [0.4, 0.5) is 0 Å². The van der Waals surface area contributed by atoms with Crippen LogP contribution < -0.4 is 9.78 Å². The van der Waals surface area contributed by atoms with Crippen LogP contribution in [-0.4, -0.2) is 12.6 Å². The highest BCUT2D eigenvalue weighted by Crippen LogP contribution is 2.18. The number of aldehydes is 2. The molecule has 0 unspecified atom stereocenters. The molecule has 90 valence electrons. The summed E-state index contributed by atoms with van der Waals surface area (Å²) < 4.78 is 0. The molecular formula is C14H10O4. The molecule has 4 heteroatoms. The van der Waals surface area contributed by atoms with E-state index in [1.54, 1.807) is 48.5 Å². The quantitative estimate of drug-likeness (QED) is 0.459. The molecule has 2 aromatic rings. The molecule has 0 atom stereocenters. The first-order valence-electron chi connectivity index (χ1n) is 5.27. The lowest BCUT2D eigenvalue weighted by molar-refractivity contribution is -0.100. The van der Waals surface area contributed by atoms with Crippen molar-refractivity contribution in [2.24, 2.45) is 0 Å². The molecule has 0 saturated carbocycles. The van der Waals surface area contributed by atoms with Crippen molar-refractivity contribution in [1.82, 2.24) is 0 Å². The third kappa shape index (κ3) is 2.74. The van der Waals surface area contributed by atoms with Gasteiger partial charge in [-0.3, -0.25) is 19.4 Å². The predicted octanol–water partition coefficient (Wildman–Crippen LogP) is 2.68. The van der Waals surface area contributed by atoms with E-state index in [1.807, 2.05) is 0 Å². The summed E-state index contributed by atoms with van der Waals surface area (Å²) in [7, 11) is 0. The van der Waals surface area contributed by atoms with Crippen LogP contribution in [-0.2, 0) is 0 Å². The molecule has 0 aromatic heterocycles. The van der Waals surface area contributed by atoms with Gasteiger partial charge in [0.15, 0.2) is 17.8 Å². The lowest BCUT2D eigenvalue weighted by Crippen LogP contribution is -2.02. The number of carbonyl (C=O) groups excluding carboxylic acids is 2. The normalized spacial score (nSPS) is 9.56. The van der Waals surface area contributed by atoms with Crippen LogP contribution in [0.1, 0.15) is 20.7 Å². The van der Waals surface area contributed by atoms with Crippen LogP contribution in [0.3, 0.4) is 0 Å². The summed E-state index contributed by atoms with van der Waals surface area (Å²) in [5.41, 5.74) is 0.956. The molecule has 0 aliphatic carbocycles. The number of benzene rings is 2. The SMILES string of the molecule is O=Cc1ccc(OOc2ccccc2C=O)cc1. The fourth-order valence-corrected chi connectivity index (χ4v) is 1.35. The van der Waals surface area contributed by atoms with Crippen molar-refractivity contribution in [2.45, 2.75) is 0 Å². The topological polar surface area (TPSA) is 52.6 Å². The van der Waals surface area contributed by atoms with E-state index >= 15 is 0 Å². The summed E-state index contributed by atoms with van der Waals surface area (Å²) in [5, 5.41) is 0. The fourth-order valence-electron chi connectivity index (χ4n) is 1.35. The second-order valence-corrected chi connectivity index (χ2v) is 3.51. The van der Waals surface area contributed by atoms with Gasteiger partial charge in [0, 0.05) is 5.56 Å². The number of hydrogen-bond acceptors (Lipinski definition) is 4. The monoisotopic (exact) mass is 242 g/mol. The van der Waals surface area contributed by atoms with Crippen LogP contribution >= 0.6 is 0 Å². The summed E-state index contributed by atoms with van der Waals surface area (Å²) in [5.74, 6) is 0.785. The Morgan fingerprint density at radius 2 is 1.50 bits per heavy atom. The first-order chi connectivity index (χ1) is 8.83. The Morgan fingerprint density at radius 1 is 0.778 bits per heavy atom. The zero-order valence-electron chi connectivity index (χ0n) is 9.41. The van der Waals surface area contributed by atoms with E-state index in [1.165, 1.54) is 0 Å². The van der Waals surface area contributed by atoms with Crippen LogP contribution in [0.2, 0.25) is 0 Å². The minimum absolute atomic E-state index is 0.340. The van der Waals surface area contributed by atoms with E-state index in [-0.39, 0.29) is 0 Å². The fraction of sp³-hybridized carbons (Fsp3) is 0. The van der Waals surface area contributed by atoms with Crippen molar-refractivity contribution >= 4 is 12.6 Å². The van der Waals surface area contributed by atoms with E-state index in [0.29, 0.717) is 28.9 Å². The molecule has 0 amide bonds. The first-order valence-corrected chi connectivity index (χ1v) is 5.27. The van der Waals surface area contributed by atoms with Crippen molar-refractivity contribution in [2.75, 3.05) is 0 Å². The molecule has 4 nitrogen and oxygen atoms in total. The highest BCUT2D eigenvalue weighted by molar-refractivity contribution is 5.79. The van der Waals surface area contributed by atoms with Crippen molar-refractivity contribution < 1.29 is 19.4 Å². The van der Waals surface area contributed by atoms with Gasteiger partial charge in [0.2, 0.25) is 0 Å². The summed E-state index contributed by atoms with van der Waals surface area (Å²) in [6, 6.07) is 13.1.